The highest BCUT2D eigenvalue weighted by Gasteiger charge is 2.22. The molecule has 0 aliphatic carbocycles. The molecule has 9 nitrogen and oxygen atoms in total. The van der Waals surface area contributed by atoms with Gasteiger partial charge in [-0.3, -0.25) is 14.2 Å². The number of thioether (sulfide) groups is 1. The first kappa shape index (κ1) is 23.9. The SMILES string of the molecule is Cc1cc(NC(=O)CSc2nc3c(sc(=S)n3C[C@@H]3CCCO3)c(=O)n2-c2ccc(F)cc2)no1. The van der Waals surface area contributed by atoms with Gasteiger partial charge < -0.3 is 19.1 Å². The maximum absolute atomic E-state index is 13.6. The average Bonchev–Trinajstić information content (AvgIpc) is 3.56. The zero-order chi connectivity index (χ0) is 24.5. The first-order valence-electron chi connectivity index (χ1n) is 10.8. The molecule has 4 heterocycles. The third-order valence-electron chi connectivity index (χ3n) is 5.38. The highest BCUT2D eigenvalue weighted by Crippen LogP contribution is 2.27. The van der Waals surface area contributed by atoms with Gasteiger partial charge in [0.15, 0.2) is 20.6 Å². The van der Waals surface area contributed by atoms with Crippen molar-refractivity contribution >= 4 is 57.4 Å². The lowest BCUT2D eigenvalue weighted by molar-refractivity contribution is -0.113. The number of fused-ring (bicyclic) bond motifs is 1. The molecule has 1 aliphatic rings. The average molecular weight is 534 g/mol. The molecule has 35 heavy (non-hydrogen) atoms. The van der Waals surface area contributed by atoms with Crippen molar-refractivity contribution in [3.05, 3.63) is 56.2 Å². The molecule has 1 saturated heterocycles. The Kier molecular flexibility index (Phi) is 6.82. The summed E-state index contributed by atoms with van der Waals surface area (Å²) in [6, 6.07) is 7.13. The number of benzene rings is 1. The fourth-order valence-corrected chi connectivity index (χ4v) is 5.86. The van der Waals surface area contributed by atoms with Crippen molar-refractivity contribution in [2.45, 2.75) is 37.6 Å². The Morgan fingerprint density at radius 3 is 2.86 bits per heavy atom. The van der Waals surface area contributed by atoms with Crippen molar-refractivity contribution in [1.82, 2.24) is 19.3 Å². The number of nitrogens with one attached hydrogen (secondary N) is 1. The molecule has 5 rings (SSSR count). The molecule has 0 unspecified atom stereocenters. The summed E-state index contributed by atoms with van der Waals surface area (Å²) >= 11 is 7.82. The highest BCUT2D eigenvalue weighted by molar-refractivity contribution is 7.99. The first-order chi connectivity index (χ1) is 16.9. The minimum absolute atomic E-state index is 0.00799. The van der Waals surface area contributed by atoms with E-state index in [1.165, 1.54) is 40.2 Å². The standard InChI is InChI=1S/C22H20FN5O4S3/c1-12-9-16(26-32-12)24-17(29)11-34-21-25-19-18(20(30)28(21)14-6-4-13(23)5-7-14)35-22(33)27(19)10-15-3-2-8-31-15/h4-7,9,15H,2-3,8,10-11H2,1H3,(H,24,26,29)/t15-/m0/s1. The zero-order valence-electron chi connectivity index (χ0n) is 18.5. The van der Waals surface area contributed by atoms with Gasteiger partial charge in [-0.2, -0.15) is 0 Å². The van der Waals surface area contributed by atoms with E-state index >= 15 is 0 Å². The lowest BCUT2D eigenvalue weighted by Crippen LogP contribution is -2.23. The van der Waals surface area contributed by atoms with E-state index in [-0.39, 0.29) is 28.5 Å². The van der Waals surface area contributed by atoms with Crippen molar-refractivity contribution in [2.75, 3.05) is 17.7 Å². The Morgan fingerprint density at radius 2 is 2.17 bits per heavy atom. The number of rotatable bonds is 7. The number of amides is 1. The summed E-state index contributed by atoms with van der Waals surface area (Å²) in [5, 5.41) is 6.69. The summed E-state index contributed by atoms with van der Waals surface area (Å²) < 4.78 is 28.4. The van der Waals surface area contributed by atoms with Crippen molar-refractivity contribution in [3.8, 4) is 5.69 Å². The predicted octanol–water partition coefficient (Wildman–Crippen LogP) is 4.32. The quantitative estimate of drug-likeness (QED) is 0.213. The second kappa shape index (κ2) is 10.0. The summed E-state index contributed by atoms with van der Waals surface area (Å²) in [5.41, 5.74) is 0.554. The molecule has 0 radical (unpaired) electrons. The molecular weight excluding hydrogens is 513 g/mol. The second-order valence-electron chi connectivity index (χ2n) is 7.94. The summed E-state index contributed by atoms with van der Waals surface area (Å²) in [6.45, 7) is 2.92. The number of ether oxygens (including phenoxy) is 1. The Morgan fingerprint density at radius 1 is 1.37 bits per heavy atom. The van der Waals surface area contributed by atoms with Crippen LogP contribution in [0.2, 0.25) is 0 Å². The van der Waals surface area contributed by atoms with E-state index < -0.39 is 5.82 Å². The molecule has 0 spiro atoms. The summed E-state index contributed by atoms with van der Waals surface area (Å²) in [5.74, 6) is 0.0610. The van der Waals surface area contributed by atoms with Crippen molar-refractivity contribution in [1.29, 1.82) is 0 Å². The molecule has 13 heteroatoms. The van der Waals surface area contributed by atoms with E-state index in [2.05, 4.69) is 10.5 Å². The van der Waals surface area contributed by atoms with Gasteiger partial charge in [-0.15, -0.1) is 0 Å². The van der Waals surface area contributed by atoms with Crippen LogP contribution in [0.3, 0.4) is 0 Å². The molecule has 1 aromatic carbocycles. The van der Waals surface area contributed by atoms with Gasteiger partial charge in [-0.1, -0.05) is 28.3 Å². The van der Waals surface area contributed by atoms with E-state index in [4.69, 9.17) is 26.5 Å². The van der Waals surface area contributed by atoms with Crippen LogP contribution in [0.4, 0.5) is 10.2 Å². The highest BCUT2D eigenvalue weighted by atomic mass is 32.2. The van der Waals surface area contributed by atoms with Gasteiger partial charge in [0.25, 0.3) is 5.56 Å². The maximum atomic E-state index is 13.6. The normalized spacial score (nSPS) is 15.7. The molecule has 1 N–H and O–H groups in total. The molecule has 3 aromatic heterocycles. The van der Waals surface area contributed by atoms with Gasteiger partial charge >= 0.3 is 0 Å². The molecule has 1 atom stereocenters. The summed E-state index contributed by atoms with van der Waals surface area (Å²) in [6.07, 6.45) is 1.90. The molecule has 0 bridgehead atoms. The van der Waals surface area contributed by atoms with Crippen LogP contribution in [0, 0.1) is 16.7 Å². The van der Waals surface area contributed by atoms with Crippen LogP contribution >= 0.6 is 35.3 Å². The predicted molar refractivity (Wildman–Crippen MR) is 134 cm³/mol. The lowest BCUT2D eigenvalue weighted by atomic mass is 10.2. The maximum Gasteiger partial charge on any atom is 0.278 e. The van der Waals surface area contributed by atoms with E-state index in [0.29, 0.717) is 44.7 Å². The van der Waals surface area contributed by atoms with Crippen LogP contribution in [-0.2, 0) is 16.1 Å². The number of hydrogen-bond donors (Lipinski definition) is 1. The van der Waals surface area contributed by atoms with Crippen LogP contribution in [0.1, 0.15) is 18.6 Å². The van der Waals surface area contributed by atoms with Crippen molar-refractivity contribution < 1.29 is 18.4 Å². The monoisotopic (exact) mass is 533 g/mol. The van der Waals surface area contributed by atoms with Crippen LogP contribution in [0.15, 0.2) is 44.8 Å². The molecule has 1 aliphatic heterocycles. The number of aromatic nitrogens is 4. The van der Waals surface area contributed by atoms with E-state index in [0.717, 1.165) is 24.6 Å². The number of aryl methyl sites for hydroxylation is 1. The Labute approximate surface area is 211 Å². The Balaban J connectivity index is 1.53. The first-order valence-corrected chi connectivity index (χ1v) is 13.0. The van der Waals surface area contributed by atoms with Gasteiger partial charge in [0, 0.05) is 12.7 Å². The number of thiazole rings is 1. The Bertz CT molecular complexity index is 1500. The lowest BCUT2D eigenvalue weighted by Gasteiger charge is -2.14. The minimum Gasteiger partial charge on any atom is -0.376 e. The summed E-state index contributed by atoms with van der Waals surface area (Å²) in [4.78, 5) is 30.9. The molecule has 4 aromatic rings. The largest absolute Gasteiger partial charge is 0.376 e. The minimum atomic E-state index is -0.425. The van der Waals surface area contributed by atoms with Gasteiger partial charge in [-0.25, -0.2) is 9.37 Å². The number of carbonyl (C=O) groups is 1. The van der Waals surface area contributed by atoms with Crippen LogP contribution in [-0.4, -0.2) is 43.6 Å². The number of halogens is 1. The Hall–Kier alpha value is -2.87. The van der Waals surface area contributed by atoms with Crippen LogP contribution in [0.25, 0.3) is 16.0 Å². The molecule has 182 valence electrons. The number of anilines is 1. The smallest absolute Gasteiger partial charge is 0.278 e. The van der Waals surface area contributed by atoms with E-state index in [9.17, 15) is 14.0 Å². The number of carbonyl (C=O) groups excluding carboxylic acids is 1. The number of nitrogens with zero attached hydrogens (tertiary/aromatic N) is 4. The van der Waals surface area contributed by atoms with Gasteiger partial charge in [0.2, 0.25) is 5.91 Å². The van der Waals surface area contributed by atoms with Gasteiger partial charge in [0.1, 0.15) is 16.3 Å². The summed E-state index contributed by atoms with van der Waals surface area (Å²) in [7, 11) is 0. The fourth-order valence-electron chi connectivity index (χ4n) is 3.78. The third kappa shape index (κ3) is 5.08. The second-order valence-corrected chi connectivity index (χ2v) is 10.5. The van der Waals surface area contributed by atoms with Gasteiger partial charge in [0.05, 0.1) is 24.1 Å². The zero-order valence-corrected chi connectivity index (χ0v) is 21.0. The van der Waals surface area contributed by atoms with Crippen LogP contribution < -0.4 is 10.9 Å². The van der Waals surface area contributed by atoms with Gasteiger partial charge in [-0.05, 0) is 56.2 Å². The van der Waals surface area contributed by atoms with Crippen molar-refractivity contribution in [2.24, 2.45) is 0 Å². The third-order valence-corrected chi connectivity index (χ3v) is 7.75. The van der Waals surface area contributed by atoms with E-state index in [1.807, 2.05) is 4.57 Å². The fraction of sp³-hybridized carbons (Fsp3) is 0.318. The molecular formula is C22H20FN5O4S3. The topological polar surface area (TPSA) is 104 Å². The van der Waals surface area contributed by atoms with Crippen molar-refractivity contribution in [3.63, 3.8) is 0 Å². The number of hydrogen-bond acceptors (Lipinski definition) is 9. The molecule has 1 amide bonds. The van der Waals surface area contributed by atoms with Crippen LogP contribution in [0.5, 0.6) is 0 Å². The van der Waals surface area contributed by atoms with E-state index in [1.54, 1.807) is 13.0 Å². The molecule has 0 saturated carbocycles. The molecule has 1 fully saturated rings.